The van der Waals surface area contributed by atoms with E-state index >= 15 is 0 Å². The van der Waals surface area contributed by atoms with E-state index in [1.54, 1.807) is 7.11 Å². The first kappa shape index (κ1) is 29.1. The number of carbonyl (C=O) groups is 2. The lowest BCUT2D eigenvalue weighted by Gasteiger charge is -2.42. The SMILES string of the molecule is COCC1CN(C(=O)O)CC(OCc2ccc3ccccc3c2)C1c1ccc(COC(=O)Nc2ccccc2C)cc1. The quantitative estimate of drug-likeness (QED) is 0.230. The Labute approximate surface area is 245 Å². The summed E-state index contributed by atoms with van der Waals surface area (Å²) in [5.74, 6) is -0.177. The Bertz CT molecular complexity index is 1520. The standard InChI is InChI=1S/C34H36N2O6/c1-23-7-3-6-10-30(23)35-33(37)42-20-24-11-15-27(16-12-24)32-29(22-40-2)18-36(34(38)39)19-31(32)41-21-25-13-14-26-8-4-5-9-28(26)17-25/h3-17,29,31-32H,18-22H2,1-2H3,(H,35,37)(H,38,39). The molecular weight excluding hydrogens is 532 g/mol. The lowest BCUT2D eigenvalue weighted by molar-refractivity contribution is -0.0518. The second-order valence-electron chi connectivity index (χ2n) is 10.7. The van der Waals surface area contributed by atoms with Gasteiger partial charge in [0.25, 0.3) is 0 Å². The van der Waals surface area contributed by atoms with E-state index in [4.69, 9.17) is 14.2 Å². The van der Waals surface area contributed by atoms with E-state index in [-0.39, 0.29) is 31.1 Å². The van der Waals surface area contributed by atoms with Gasteiger partial charge in [0.05, 0.1) is 25.9 Å². The van der Waals surface area contributed by atoms with Gasteiger partial charge in [-0.1, -0.05) is 78.9 Å². The molecule has 4 aromatic rings. The summed E-state index contributed by atoms with van der Waals surface area (Å²) in [6.07, 6.45) is -1.86. The van der Waals surface area contributed by atoms with Crippen LogP contribution in [0.1, 0.15) is 28.2 Å². The fraction of sp³-hybridized carbons (Fsp3) is 0.294. The maximum absolute atomic E-state index is 12.3. The van der Waals surface area contributed by atoms with Gasteiger partial charge in [0.1, 0.15) is 6.61 Å². The van der Waals surface area contributed by atoms with E-state index in [2.05, 4.69) is 29.6 Å². The van der Waals surface area contributed by atoms with Crippen molar-refractivity contribution < 1.29 is 28.9 Å². The predicted molar refractivity (Wildman–Crippen MR) is 162 cm³/mol. The van der Waals surface area contributed by atoms with Gasteiger partial charge in [-0.05, 0) is 52.1 Å². The molecule has 42 heavy (non-hydrogen) atoms. The Morgan fingerprint density at radius 1 is 0.881 bits per heavy atom. The number of nitrogens with one attached hydrogen (secondary N) is 1. The Kier molecular flexibility index (Phi) is 9.36. The van der Waals surface area contributed by atoms with Crippen LogP contribution in [0.3, 0.4) is 0 Å². The number of carbonyl (C=O) groups excluding carboxylic acids is 1. The normalized spacial score (nSPS) is 18.5. The van der Waals surface area contributed by atoms with Crippen LogP contribution in [0.15, 0.2) is 91.0 Å². The van der Waals surface area contributed by atoms with Crippen molar-refractivity contribution in [1.29, 1.82) is 0 Å². The fourth-order valence-electron chi connectivity index (χ4n) is 5.65. The molecule has 4 aromatic carbocycles. The highest BCUT2D eigenvalue weighted by molar-refractivity contribution is 5.85. The predicted octanol–water partition coefficient (Wildman–Crippen LogP) is 6.82. The molecular formula is C34H36N2O6. The van der Waals surface area contributed by atoms with Crippen LogP contribution in [-0.4, -0.2) is 55.1 Å². The zero-order chi connectivity index (χ0) is 29.5. The largest absolute Gasteiger partial charge is 0.465 e. The van der Waals surface area contributed by atoms with Crippen LogP contribution < -0.4 is 5.32 Å². The minimum Gasteiger partial charge on any atom is -0.465 e. The van der Waals surface area contributed by atoms with Crippen LogP contribution in [0.4, 0.5) is 15.3 Å². The lowest BCUT2D eigenvalue weighted by atomic mass is 9.78. The number of piperidine rings is 1. The van der Waals surface area contributed by atoms with Gasteiger partial charge in [-0.2, -0.15) is 0 Å². The van der Waals surface area contributed by atoms with Crippen molar-refractivity contribution >= 4 is 28.6 Å². The number of anilines is 1. The van der Waals surface area contributed by atoms with Crippen molar-refractivity contribution in [3.63, 3.8) is 0 Å². The molecule has 1 fully saturated rings. The number of fused-ring (bicyclic) bond motifs is 1. The smallest absolute Gasteiger partial charge is 0.411 e. The van der Waals surface area contributed by atoms with Crippen LogP contribution in [0.2, 0.25) is 0 Å². The second kappa shape index (κ2) is 13.5. The minimum absolute atomic E-state index is 0.0830. The Balaban J connectivity index is 1.30. The number of hydrogen-bond acceptors (Lipinski definition) is 5. The minimum atomic E-state index is -0.967. The van der Waals surface area contributed by atoms with Gasteiger partial charge in [-0.25, -0.2) is 9.59 Å². The first-order valence-electron chi connectivity index (χ1n) is 14.1. The molecule has 1 aliphatic rings. The molecule has 0 aromatic heterocycles. The van der Waals surface area contributed by atoms with Gasteiger partial charge in [-0.15, -0.1) is 0 Å². The molecule has 0 spiro atoms. The van der Waals surface area contributed by atoms with E-state index in [1.807, 2.05) is 73.7 Å². The number of amides is 2. The number of benzene rings is 4. The number of hydrogen-bond donors (Lipinski definition) is 2. The van der Waals surface area contributed by atoms with Gasteiger partial charge >= 0.3 is 12.2 Å². The third-order valence-corrected chi connectivity index (χ3v) is 7.81. The van der Waals surface area contributed by atoms with Gasteiger partial charge in [-0.3, -0.25) is 5.32 Å². The van der Waals surface area contributed by atoms with Crippen molar-refractivity contribution in [3.05, 3.63) is 113 Å². The molecule has 2 amide bonds. The molecule has 3 unspecified atom stereocenters. The third kappa shape index (κ3) is 7.08. The van der Waals surface area contributed by atoms with E-state index in [0.717, 1.165) is 33.0 Å². The summed E-state index contributed by atoms with van der Waals surface area (Å²) >= 11 is 0. The van der Waals surface area contributed by atoms with E-state index < -0.39 is 12.2 Å². The van der Waals surface area contributed by atoms with E-state index in [9.17, 15) is 14.7 Å². The van der Waals surface area contributed by atoms with E-state index in [1.165, 1.54) is 4.90 Å². The Morgan fingerprint density at radius 2 is 1.60 bits per heavy atom. The number of carboxylic acid groups (broad SMARTS) is 1. The molecule has 2 N–H and O–H groups in total. The fourth-order valence-corrected chi connectivity index (χ4v) is 5.65. The van der Waals surface area contributed by atoms with Crippen molar-refractivity contribution in [2.24, 2.45) is 5.92 Å². The molecule has 218 valence electrons. The third-order valence-electron chi connectivity index (χ3n) is 7.81. The van der Waals surface area contributed by atoms with Crippen LogP contribution in [-0.2, 0) is 27.4 Å². The summed E-state index contributed by atoms with van der Waals surface area (Å²) in [5.41, 5.74) is 4.57. The molecule has 0 radical (unpaired) electrons. The van der Waals surface area contributed by atoms with Crippen molar-refractivity contribution in [3.8, 4) is 0 Å². The number of nitrogens with zero attached hydrogens (tertiary/aromatic N) is 1. The molecule has 1 saturated heterocycles. The first-order valence-corrected chi connectivity index (χ1v) is 14.1. The maximum atomic E-state index is 12.3. The number of likely N-dealkylation sites (tertiary alicyclic amines) is 1. The van der Waals surface area contributed by atoms with Crippen LogP contribution in [0.5, 0.6) is 0 Å². The molecule has 0 bridgehead atoms. The van der Waals surface area contributed by atoms with Crippen molar-refractivity contribution in [2.75, 3.05) is 32.1 Å². The van der Waals surface area contributed by atoms with Crippen molar-refractivity contribution in [2.45, 2.75) is 32.2 Å². The summed E-state index contributed by atoms with van der Waals surface area (Å²) in [4.78, 5) is 25.8. The molecule has 8 heteroatoms. The highest BCUT2D eigenvalue weighted by atomic mass is 16.5. The van der Waals surface area contributed by atoms with Crippen LogP contribution in [0.25, 0.3) is 10.8 Å². The molecule has 1 aliphatic heterocycles. The number of rotatable bonds is 9. The molecule has 3 atom stereocenters. The monoisotopic (exact) mass is 568 g/mol. The number of ether oxygens (including phenoxy) is 3. The van der Waals surface area contributed by atoms with Gasteiger partial charge in [0.2, 0.25) is 0 Å². The second-order valence-corrected chi connectivity index (χ2v) is 10.7. The van der Waals surface area contributed by atoms with Gasteiger partial charge in [0.15, 0.2) is 0 Å². The summed E-state index contributed by atoms with van der Waals surface area (Å²) in [6.45, 7) is 3.42. The Morgan fingerprint density at radius 3 is 2.33 bits per heavy atom. The number of para-hydroxylation sites is 1. The maximum Gasteiger partial charge on any atom is 0.411 e. The number of methoxy groups -OCH3 is 1. The van der Waals surface area contributed by atoms with Crippen LogP contribution in [0, 0.1) is 12.8 Å². The topological polar surface area (TPSA) is 97.3 Å². The summed E-state index contributed by atoms with van der Waals surface area (Å²) in [6, 6.07) is 29.8. The highest BCUT2D eigenvalue weighted by Crippen LogP contribution is 2.36. The molecule has 0 saturated carbocycles. The van der Waals surface area contributed by atoms with Crippen LogP contribution >= 0.6 is 0 Å². The van der Waals surface area contributed by atoms with E-state index in [0.29, 0.717) is 25.4 Å². The zero-order valence-corrected chi connectivity index (χ0v) is 23.9. The van der Waals surface area contributed by atoms with Crippen molar-refractivity contribution in [1.82, 2.24) is 4.90 Å². The molecule has 0 aliphatic carbocycles. The Hall–Kier alpha value is -4.40. The first-order chi connectivity index (χ1) is 20.4. The molecule has 5 rings (SSSR count). The van der Waals surface area contributed by atoms with Gasteiger partial charge in [0, 0.05) is 31.2 Å². The molecule has 8 nitrogen and oxygen atoms in total. The lowest BCUT2D eigenvalue weighted by Crippen LogP contribution is -2.52. The average molecular weight is 569 g/mol. The summed E-state index contributed by atoms with van der Waals surface area (Å²) in [7, 11) is 1.63. The zero-order valence-electron chi connectivity index (χ0n) is 23.9. The summed E-state index contributed by atoms with van der Waals surface area (Å²) < 4.78 is 17.5. The highest BCUT2D eigenvalue weighted by Gasteiger charge is 2.40. The van der Waals surface area contributed by atoms with Gasteiger partial charge < -0.3 is 24.2 Å². The molecule has 1 heterocycles. The summed E-state index contributed by atoms with van der Waals surface area (Å²) in [5, 5.41) is 14.9. The average Bonchev–Trinajstić information content (AvgIpc) is 3.00. The number of aryl methyl sites for hydroxylation is 1.